The van der Waals surface area contributed by atoms with E-state index in [0.29, 0.717) is 27.8 Å². The Morgan fingerprint density at radius 3 is 2.90 bits per heavy atom. The predicted octanol–water partition coefficient (Wildman–Crippen LogP) is 3.43. The van der Waals surface area contributed by atoms with Crippen LogP contribution >= 0.6 is 27.5 Å². The molecule has 1 fully saturated rings. The van der Waals surface area contributed by atoms with Crippen molar-refractivity contribution in [3.05, 3.63) is 28.2 Å². The second-order valence-corrected chi connectivity index (χ2v) is 8.55. The largest absolute Gasteiger partial charge is 0.323 e. The first-order valence-corrected chi connectivity index (χ1v) is 9.68. The van der Waals surface area contributed by atoms with Crippen LogP contribution in [0.1, 0.15) is 24.7 Å². The maximum absolute atomic E-state index is 13.8. The molecule has 1 aromatic heterocycles. The quantitative estimate of drug-likeness (QED) is 0.732. The van der Waals surface area contributed by atoms with Gasteiger partial charge in [-0.3, -0.25) is 0 Å². The summed E-state index contributed by atoms with van der Waals surface area (Å²) in [5, 5.41) is 0. The molecule has 1 aromatic carbocycles. The van der Waals surface area contributed by atoms with Crippen molar-refractivity contribution in [2.24, 2.45) is 0 Å². The molecular weight excluding hydrogens is 383 g/mol. The van der Waals surface area contributed by atoms with Crippen LogP contribution in [-0.2, 0) is 15.7 Å². The van der Waals surface area contributed by atoms with Gasteiger partial charge in [0.15, 0.2) is 9.84 Å². The van der Waals surface area contributed by atoms with E-state index in [9.17, 15) is 12.8 Å². The first kappa shape index (κ1) is 15.2. The summed E-state index contributed by atoms with van der Waals surface area (Å²) in [5.41, 5.74) is 1.20. The second kappa shape index (κ2) is 5.52. The normalized spacial score (nSPS) is 21.8. The number of imidazole rings is 1. The third kappa shape index (κ3) is 2.83. The van der Waals surface area contributed by atoms with Crippen LogP contribution in [0.15, 0.2) is 16.6 Å². The number of sulfone groups is 1. The summed E-state index contributed by atoms with van der Waals surface area (Å²) in [6.45, 7) is 0. The molecule has 1 saturated heterocycles. The van der Waals surface area contributed by atoms with E-state index in [0.717, 1.165) is 6.42 Å². The van der Waals surface area contributed by atoms with Crippen LogP contribution in [0.25, 0.3) is 11.0 Å². The maximum atomic E-state index is 13.8. The maximum Gasteiger partial charge on any atom is 0.152 e. The zero-order valence-corrected chi connectivity index (χ0v) is 14.2. The number of fused-ring (bicyclic) bond motifs is 1. The minimum absolute atomic E-state index is 0.0556. The Balaban J connectivity index is 2.18. The molecular formula is C13H13BrClFN2O2S. The van der Waals surface area contributed by atoms with Gasteiger partial charge in [-0.15, -0.1) is 11.6 Å². The summed E-state index contributed by atoms with van der Waals surface area (Å²) >= 11 is 9.07. The zero-order valence-electron chi connectivity index (χ0n) is 11.0. The fourth-order valence-electron chi connectivity index (χ4n) is 2.84. The molecule has 1 aliphatic rings. The van der Waals surface area contributed by atoms with E-state index in [1.54, 1.807) is 10.6 Å². The van der Waals surface area contributed by atoms with E-state index >= 15 is 0 Å². The molecule has 2 heterocycles. The molecule has 0 spiro atoms. The lowest BCUT2D eigenvalue weighted by Gasteiger charge is -2.25. The number of halogens is 3. The molecule has 0 aliphatic carbocycles. The molecule has 1 aliphatic heterocycles. The Morgan fingerprint density at radius 1 is 1.48 bits per heavy atom. The number of hydrogen-bond donors (Lipinski definition) is 0. The van der Waals surface area contributed by atoms with Crippen molar-refractivity contribution in [2.45, 2.75) is 24.8 Å². The molecule has 8 heteroatoms. The topological polar surface area (TPSA) is 52.0 Å². The number of benzene rings is 1. The van der Waals surface area contributed by atoms with Crippen molar-refractivity contribution in [2.75, 3.05) is 11.5 Å². The SMILES string of the molecule is O=S1(=O)CCCC(n2c(CCl)nc3cc(Br)c(F)cc32)C1. The van der Waals surface area contributed by atoms with Crippen LogP contribution in [0, 0.1) is 5.82 Å². The van der Waals surface area contributed by atoms with Crippen LogP contribution in [0.4, 0.5) is 4.39 Å². The molecule has 0 amide bonds. The van der Waals surface area contributed by atoms with Crippen LogP contribution in [0.5, 0.6) is 0 Å². The van der Waals surface area contributed by atoms with Gasteiger partial charge in [0.05, 0.1) is 32.9 Å². The minimum atomic E-state index is -3.06. The molecule has 21 heavy (non-hydrogen) atoms. The summed E-state index contributed by atoms with van der Waals surface area (Å²) in [7, 11) is -3.06. The van der Waals surface area contributed by atoms with E-state index in [2.05, 4.69) is 20.9 Å². The van der Waals surface area contributed by atoms with Gasteiger partial charge in [0, 0.05) is 12.1 Å². The van der Waals surface area contributed by atoms with Gasteiger partial charge in [-0.25, -0.2) is 17.8 Å². The Labute approximate surface area is 135 Å². The standard InChI is InChI=1S/C13H13BrClFN2O2S/c14-9-4-11-12(5-10(9)16)18(13(6-15)17-11)8-2-1-3-21(19,20)7-8/h4-5,8H,1-3,6-7H2. The van der Waals surface area contributed by atoms with Crippen LogP contribution in [-0.4, -0.2) is 29.5 Å². The first-order valence-electron chi connectivity index (χ1n) is 6.53. The third-order valence-corrected chi connectivity index (χ3v) is 6.38. The molecule has 4 nitrogen and oxygen atoms in total. The minimum Gasteiger partial charge on any atom is -0.323 e. The first-order chi connectivity index (χ1) is 9.91. The van der Waals surface area contributed by atoms with E-state index in [-0.39, 0.29) is 23.4 Å². The molecule has 2 aromatic rings. The smallest absolute Gasteiger partial charge is 0.152 e. The van der Waals surface area contributed by atoms with Crippen LogP contribution < -0.4 is 0 Å². The van der Waals surface area contributed by atoms with Gasteiger partial charge in [-0.2, -0.15) is 0 Å². The fraction of sp³-hybridized carbons (Fsp3) is 0.462. The summed E-state index contributed by atoms with van der Waals surface area (Å²) < 4.78 is 39.7. The van der Waals surface area contributed by atoms with E-state index in [1.807, 2.05) is 0 Å². The van der Waals surface area contributed by atoms with Crippen molar-refractivity contribution in [3.63, 3.8) is 0 Å². The summed E-state index contributed by atoms with van der Waals surface area (Å²) in [6.07, 6.45) is 1.33. The van der Waals surface area contributed by atoms with Gasteiger partial charge in [0.1, 0.15) is 11.6 Å². The highest BCUT2D eigenvalue weighted by Crippen LogP contribution is 2.31. The number of aromatic nitrogens is 2. The van der Waals surface area contributed by atoms with Crippen molar-refractivity contribution < 1.29 is 12.8 Å². The van der Waals surface area contributed by atoms with Crippen LogP contribution in [0.2, 0.25) is 0 Å². The lowest BCUT2D eigenvalue weighted by Crippen LogP contribution is -2.28. The number of hydrogen-bond acceptors (Lipinski definition) is 3. The number of alkyl halides is 1. The Bertz CT molecular complexity index is 806. The van der Waals surface area contributed by atoms with Gasteiger partial charge >= 0.3 is 0 Å². The zero-order chi connectivity index (χ0) is 15.2. The molecule has 0 radical (unpaired) electrons. The van der Waals surface area contributed by atoms with Crippen molar-refractivity contribution in [3.8, 4) is 0 Å². The highest BCUT2D eigenvalue weighted by molar-refractivity contribution is 9.10. The summed E-state index contributed by atoms with van der Waals surface area (Å²) in [6, 6.07) is 2.74. The average molecular weight is 396 g/mol. The van der Waals surface area contributed by atoms with Gasteiger partial charge in [-0.05, 0) is 34.8 Å². The second-order valence-electron chi connectivity index (χ2n) is 5.20. The van der Waals surface area contributed by atoms with E-state index in [4.69, 9.17) is 11.6 Å². The Morgan fingerprint density at radius 2 is 2.24 bits per heavy atom. The average Bonchev–Trinajstić information content (AvgIpc) is 2.75. The summed E-state index contributed by atoms with van der Waals surface area (Å²) in [5.74, 6) is 0.603. The molecule has 1 unspecified atom stereocenters. The lowest BCUT2D eigenvalue weighted by molar-refractivity contribution is 0.470. The van der Waals surface area contributed by atoms with E-state index < -0.39 is 15.7 Å². The highest BCUT2D eigenvalue weighted by Gasteiger charge is 2.29. The van der Waals surface area contributed by atoms with Gasteiger partial charge in [-0.1, -0.05) is 0 Å². The molecule has 3 rings (SSSR count). The van der Waals surface area contributed by atoms with Crippen LogP contribution in [0.3, 0.4) is 0 Å². The van der Waals surface area contributed by atoms with Gasteiger partial charge in [0.2, 0.25) is 0 Å². The lowest BCUT2D eigenvalue weighted by atomic mass is 10.1. The Hall–Kier alpha value is -0.660. The summed E-state index contributed by atoms with van der Waals surface area (Å²) in [4.78, 5) is 4.40. The fourth-order valence-corrected chi connectivity index (χ4v) is 5.04. The monoisotopic (exact) mass is 394 g/mol. The van der Waals surface area contributed by atoms with Gasteiger partial charge < -0.3 is 4.57 Å². The van der Waals surface area contributed by atoms with Crippen molar-refractivity contribution >= 4 is 48.4 Å². The van der Waals surface area contributed by atoms with Crippen molar-refractivity contribution in [1.82, 2.24) is 9.55 Å². The molecule has 0 saturated carbocycles. The molecule has 1 atom stereocenters. The Kier molecular flexibility index (Phi) is 4.00. The highest BCUT2D eigenvalue weighted by atomic mass is 79.9. The number of nitrogens with zero attached hydrogens (tertiary/aromatic N) is 2. The molecule has 0 bridgehead atoms. The predicted molar refractivity (Wildman–Crippen MR) is 83.9 cm³/mol. The molecule has 114 valence electrons. The number of rotatable bonds is 2. The van der Waals surface area contributed by atoms with E-state index in [1.165, 1.54) is 6.07 Å². The van der Waals surface area contributed by atoms with Crippen molar-refractivity contribution in [1.29, 1.82) is 0 Å². The van der Waals surface area contributed by atoms with Gasteiger partial charge in [0.25, 0.3) is 0 Å². The molecule has 0 N–H and O–H groups in total. The third-order valence-electron chi connectivity index (χ3n) is 3.73.